The van der Waals surface area contributed by atoms with Crippen LogP contribution >= 0.6 is 12.4 Å². The van der Waals surface area contributed by atoms with E-state index < -0.39 is 0 Å². The lowest BCUT2D eigenvalue weighted by atomic mass is 10.1. The number of fused-ring (bicyclic) bond motifs is 1. The van der Waals surface area contributed by atoms with E-state index in [9.17, 15) is 4.79 Å². The third kappa shape index (κ3) is 5.50. The molecule has 2 aromatic rings. The van der Waals surface area contributed by atoms with E-state index in [1.807, 2.05) is 24.3 Å². The summed E-state index contributed by atoms with van der Waals surface area (Å²) in [6.07, 6.45) is 4.12. The van der Waals surface area contributed by atoms with Gasteiger partial charge in [0.1, 0.15) is 5.69 Å². The molecule has 0 saturated heterocycles. The van der Waals surface area contributed by atoms with Crippen molar-refractivity contribution in [1.29, 1.82) is 0 Å². The van der Waals surface area contributed by atoms with Gasteiger partial charge in [-0.2, -0.15) is 0 Å². The minimum Gasteiger partial charge on any atom is -0.350 e. The Bertz CT molecular complexity index is 786. The molecule has 5 nitrogen and oxygen atoms in total. The molecule has 1 aliphatic carbocycles. The molecule has 1 amide bonds. The predicted molar refractivity (Wildman–Crippen MR) is 104 cm³/mol. The van der Waals surface area contributed by atoms with Crippen LogP contribution in [0, 0.1) is 17.8 Å². The summed E-state index contributed by atoms with van der Waals surface area (Å²) >= 11 is 0. The van der Waals surface area contributed by atoms with E-state index in [4.69, 9.17) is 11.5 Å². The van der Waals surface area contributed by atoms with Crippen molar-refractivity contribution in [2.45, 2.75) is 31.7 Å². The molecule has 1 aliphatic rings. The number of rotatable bonds is 6. The largest absolute Gasteiger partial charge is 0.350 e. The van der Waals surface area contributed by atoms with Crippen molar-refractivity contribution in [1.82, 2.24) is 10.3 Å². The van der Waals surface area contributed by atoms with Crippen LogP contribution in [0.5, 0.6) is 0 Å². The average molecular weight is 361 g/mol. The third-order valence-electron chi connectivity index (χ3n) is 4.17. The van der Waals surface area contributed by atoms with E-state index in [1.54, 1.807) is 0 Å². The first-order valence-corrected chi connectivity index (χ1v) is 8.54. The first kappa shape index (κ1) is 19.3. The Morgan fingerprint density at radius 3 is 2.88 bits per heavy atom. The zero-order chi connectivity index (χ0) is 16.9. The van der Waals surface area contributed by atoms with Crippen LogP contribution in [-0.4, -0.2) is 30.0 Å². The van der Waals surface area contributed by atoms with Gasteiger partial charge in [-0.05, 0) is 50.4 Å². The Morgan fingerprint density at radius 2 is 2.16 bits per heavy atom. The molecule has 0 bridgehead atoms. The second-order valence-electron chi connectivity index (χ2n) is 6.43. The highest BCUT2D eigenvalue weighted by molar-refractivity contribution is 5.98. The molecule has 1 fully saturated rings. The minimum atomic E-state index is -0.139. The Kier molecular flexibility index (Phi) is 6.89. The monoisotopic (exact) mass is 360 g/mol. The molecule has 1 aromatic heterocycles. The summed E-state index contributed by atoms with van der Waals surface area (Å²) in [6, 6.07) is 7.77. The van der Waals surface area contributed by atoms with Gasteiger partial charge in [-0.25, -0.2) is 0 Å². The van der Waals surface area contributed by atoms with Gasteiger partial charge in [0.05, 0.1) is 0 Å². The zero-order valence-electron chi connectivity index (χ0n) is 14.2. The van der Waals surface area contributed by atoms with Crippen molar-refractivity contribution < 1.29 is 4.79 Å². The summed E-state index contributed by atoms with van der Waals surface area (Å²) in [7, 11) is 0. The number of carbonyl (C=O) groups is 1. The summed E-state index contributed by atoms with van der Waals surface area (Å²) in [6.45, 7) is 1.07. The first-order valence-electron chi connectivity index (χ1n) is 8.54. The molecular formula is C19H25ClN4O. The van der Waals surface area contributed by atoms with Gasteiger partial charge in [0.25, 0.3) is 5.91 Å². The number of hydrogen-bond donors (Lipinski definition) is 4. The van der Waals surface area contributed by atoms with E-state index in [0.29, 0.717) is 24.7 Å². The Labute approximate surface area is 154 Å². The second-order valence-corrected chi connectivity index (χ2v) is 6.43. The van der Waals surface area contributed by atoms with Crippen molar-refractivity contribution in [3.8, 4) is 11.8 Å². The van der Waals surface area contributed by atoms with Crippen molar-refractivity contribution >= 4 is 29.2 Å². The second kappa shape index (κ2) is 8.91. The number of aromatic amines is 1. The molecule has 1 atom stereocenters. The molecule has 134 valence electrons. The first-order chi connectivity index (χ1) is 11.7. The van der Waals surface area contributed by atoms with Gasteiger partial charge in [0, 0.05) is 35.0 Å². The highest BCUT2D eigenvalue weighted by Crippen LogP contribution is 2.27. The van der Waals surface area contributed by atoms with Crippen molar-refractivity contribution in [2.75, 3.05) is 13.1 Å². The SMILES string of the molecule is Cl.NCCCC(N)CNC(=O)c1cc2ccc(C#CC3CC3)cc2[nH]1. The van der Waals surface area contributed by atoms with E-state index >= 15 is 0 Å². The van der Waals surface area contributed by atoms with E-state index in [-0.39, 0.29) is 24.4 Å². The standard InChI is InChI=1S/C19H24N4O.ClH/c20-9-1-2-16(21)12-22-19(24)18-11-15-8-7-14(10-17(15)23-18)6-5-13-3-4-13;/h7-8,10-11,13,16,23H,1-4,9,12,20-21H2,(H,22,24);1H. The summed E-state index contributed by atoms with van der Waals surface area (Å²) in [5, 5.41) is 3.87. The molecule has 0 aliphatic heterocycles. The fourth-order valence-electron chi connectivity index (χ4n) is 2.54. The van der Waals surface area contributed by atoms with E-state index in [2.05, 4.69) is 22.1 Å². The van der Waals surface area contributed by atoms with E-state index in [0.717, 1.165) is 29.3 Å². The normalized spacial score (nSPS) is 14.3. The van der Waals surface area contributed by atoms with Crippen LogP contribution in [0.1, 0.15) is 41.7 Å². The number of H-pyrrole nitrogens is 1. The topological polar surface area (TPSA) is 96.9 Å². The van der Waals surface area contributed by atoms with Crippen LogP contribution in [0.15, 0.2) is 24.3 Å². The van der Waals surface area contributed by atoms with E-state index in [1.165, 1.54) is 12.8 Å². The fourth-order valence-corrected chi connectivity index (χ4v) is 2.54. The molecular weight excluding hydrogens is 336 g/mol. The highest BCUT2D eigenvalue weighted by atomic mass is 35.5. The number of aromatic nitrogens is 1. The van der Waals surface area contributed by atoms with Crippen LogP contribution in [0.25, 0.3) is 10.9 Å². The van der Waals surface area contributed by atoms with Gasteiger partial charge >= 0.3 is 0 Å². The maximum Gasteiger partial charge on any atom is 0.267 e. The quantitative estimate of drug-likeness (QED) is 0.594. The van der Waals surface area contributed by atoms with Crippen LogP contribution in [0.3, 0.4) is 0 Å². The molecule has 0 radical (unpaired) electrons. The molecule has 1 aromatic carbocycles. The van der Waals surface area contributed by atoms with Gasteiger partial charge in [-0.15, -0.1) is 12.4 Å². The van der Waals surface area contributed by atoms with Gasteiger partial charge in [0.15, 0.2) is 0 Å². The molecule has 1 saturated carbocycles. The molecule has 6 N–H and O–H groups in total. The van der Waals surface area contributed by atoms with Crippen molar-refractivity contribution in [3.05, 3.63) is 35.5 Å². The summed E-state index contributed by atoms with van der Waals surface area (Å²) in [5.74, 6) is 6.89. The van der Waals surface area contributed by atoms with Crippen LogP contribution in [0.2, 0.25) is 0 Å². The number of amides is 1. The Balaban J connectivity index is 0.00000225. The zero-order valence-corrected chi connectivity index (χ0v) is 15.0. The number of halogens is 1. The van der Waals surface area contributed by atoms with Gasteiger partial charge in [0.2, 0.25) is 0 Å². The van der Waals surface area contributed by atoms with Crippen LogP contribution in [-0.2, 0) is 0 Å². The number of nitrogens with two attached hydrogens (primary N) is 2. The smallest absolute Gasteiger partial charge is 0.267 e. The van der Waals surface area contributed by atoms with Gasteiger partial charge in [-0.3, -0.25) is 4.79 Å². The lowest BCUT2D eigenvalue weighted by molar-refractivity contribution is 0.0946. The average Bonchev–Trinajstić information content (AvgIpc) is 3.32. The van der Waals surface area contributed by atoms with Gasteiger partial charge in [-0.1, -0.05) is 17.9 Å². The molecule has 25 heavy (non-hydrogen) atoms. The molecule has 6 heteroatoms. The summed E-state index contributed by atoms with van der Waals surface area (Å²) in [4.78, 5) is 15.4. The Hall–Kier alpha value is -2.00. The molecule has 1 heterocycles. The predicted octanol–water partition coefficient (Wildman–Crippen LogP) is 2.15. The number of nitrogens with one attached hydrogen (secondary N) is 2. The van der Waals surface area contributed by atoms with Crippen LogP contribution < -0.4 is 16.8 Å². The van der Waals surface area contributed by atoms with Crippen LogP contribution in [0.4, 0.5) is 0 Å². The lowest BCUT2D eigenvalue weighted by Gasteiger charge is -2.11. The number of benzene rings is 1. The number of carbonyl (C=O) groups excluding carboxylic acids is 1. The third-order valence-corrected chi connectivity index (χ3v) is 4.17. The molecule has 0 spiro atoms. The summed E-state index contributed by atoms with van der Waals surface area (Å²) in [5.41, 5.74) is 13.9. The highest BCUT2D eigenvalue weighted by Gasteiger charge is 2.17. The maximum atomic E-state index is 12.3. The molecule has 1 unspecified atom stereocenters. The fraction of sp³-hybridized carbons (Fsp3) is 0.421. The van der Waals surface area contributed by atoms with Crippen molar-refractivity contribution in [2.24, 2.45) is 17.4 Å². The Morgan fingerprint density at radius 1 is 1.36 bits per heavy atom. The number of hydrogen-bond acceptors (Lipinski definition) is 3. The van der Waals surface area contributed by atoms with Gasteiger partial charge < -0.3 is 21.8 Å². The minimum absolute atomic E-state index is 0. The molecule has 3 rings (SSSR count). The van der Waals surface area contributed by atoms with Crippen molar-refractivity contribution in [3.63, 3.8) is 0 Å². The lowest BCUT2D eigenvalue weighted by Crippen LogP contribution is -2.37. The maximum absolute atomic E-state index is 12.3. The summed E-state index contributed by atoms with van der Waals surface area (Å²) < 4.78 is 0.